The number of hydrogen-bond acceptors (Lipinski definition) is 2. The molecule has 1 heterocycles. The number of nitrogens with one attached hydrogen (secondary N) is 1. The fraction of sp³-hybridized carbons (Fsp3) is 0. The molecule has 0 radical (unpaired) electrons. The number of para-hydroxylation sites is 1. The summed E-state index contributed by atoms with van der Waals surface area (Å²) in [7, 11) is 0. The lowest BCUT2D eigenvalue weighted by molar-refractivity contribution is 1.12. The van der Waals surface area contributed by atoms with Crippen LogP contribution in [-0.4, -0.2) is 9.97 Å². The number of aromatic nitrogens is 2. The fourth-order valence-electron chi connectivity index (χ4n) is 1.96. The minimum absolute atomic E-state index is 0.358. The molecule has 18 heavy (non-hydrogen) atoms. The monoisotopic (exact) mass is 256 g/mol. The summed E-state index contributed by atoms with van der Waals surface area (Å²) >= 11 is 5.97. The predicted molar refractivity (Wildman–Crippen MR) is 72.8 cm³/mol. The highest BCUT2D eigenvalue weighted by molar-refractivity contribution is 6.30. The highest BCUT2D eigenvalue weighted by atomic mass is 35.5. The van der Waals surface area contributed by atoms with Gasteiger partial charge in [-0.1, -0.05) is 41.9 Å². The summed E-state index contributed by atoms with van der Waals surface area (Å²) in [6.07, 6.45) is 0. The molecule has 3 aromatic rings. The first kappa shape index (κ1) is 11.0. The SMILES string of the molecule is O=c1nc(-c2cccc(Cl)c2)c2ccccc2[nH]1. The van der Waals surface area contributed by atoms with E-state index in [2.05, 4.69) is 9.97 Å². The summed E-state index contributed by atoms with van der Waals surface area (Å²) < 4.78 is 0. The molecule has 0 aliphatic carbocycles. The molecule has 0 saturated heterocycles. The maximum absolute atomic E-state index is 11.6. The largest absolute Gasteiger partial charge is 0.345 e. The van der Waals surface area contributed by atoms with Crippen molar-refractivity contribution in [2.75, 3.05) is 0 Å². The molecule has 0 atom stereocenters. The Morgan fingerprint density at radius 1 is 1.06 bits per heavy atom. The first-order valence-electron chi connectivity index (χ1n) is 5.49. The third kappa shape index (κ3) is 1.89. The van der Waals surface area contributed by atoms with E-state index in [0.717, 1.165) is 16.5 Å². The van der Waals surface area contributed by atoms with Crippen LogP contribution in [-0.2, 0) is 0 Å². The number of fused-ring (bicyclic) bond motifs is 1. The van der Waals surface area contributed by atoms with Crippen LogP contribution >= 0.6 is 11.6 Å². The van der Waals surface area contributed by atoms with Crippen LogP contribution in [0.2, 0.25) is 5.02 Å². The number of aromatic amines is 1. The van der Waals surface area contributed by atoms with Gasteiger partial charge in [0, 0.05) is 16.0 Å². The molecule has 4 heteroatoms. The highest BCUT2D eigenvalue weighted by Gasteiger charge is 2.07. The first-order valence-corrected chi connectivity index (χ1v) is 5.87. The van der Waals surface area contributed by atoms with E-state index >= 15 is 0 Å². The number of hydrogen-bond donors (Lipinski definition) is 1. The van der Waals surface area contributed by atoms with Crippen LogP contribution in [0.15, 0.2) is 53.3 Å². The predicted octanol–water partition coefficient (Wildman–Crippen LogP) is 3.24. The maximum atomic E-state index is 11.6. The van der Waals surface area contributed by atoms with Crippen LogP contribution in [0.3, 0.4) is 0 Å². The molecule has 3 rings (SSSR count). The average Bonchev–Trinajstić information content (AvgIpc) is 2.37. The van der Waals surface area contributed by atoms with Gasteiger partial charge in [0.25, 0.3) is 0 Å². The molecule has 0 fully saturated rings. The van der Waals surface area contributed by atoms with Gasteiger partial charge >= 0.3 is 5.69 Å². The third-order valence-electron chi connectivity index (χ3n) is 2.74. The van der Waals surface area contributed by atoms with Gasteiger partial charge in [0.1, 0.15) is 0 Å². The zero-order valence-corrected chi connectivity index (χ0v) is 10.1. The second kappa shape index (κ2) is 4.27. The lowest BCUT2D eigenvalue weighted by Gasteiger charge is -2.05. The van der Waals surface area contributed by atoms with E-state index in [1.165, 1.54) is 0 Å². The molecule has 0 amide bonds. The molecular weight excluding hydrogens is 248 g/mol. The zero-order chi connectivity index (χ0) is 12.5. The van der Waals surface area contributed by atoms with E-state index in [4.69, 9.17) is 11.6 Å². The van der Waals surface area contributed by atoms with E-state index in [9.17, 15) is 4.79 Å². The van der Waals surface area contributed by atoms with Gasteiger partial charge in [0.15, 0.2) is 0 Å². The summed E-state index contributed by atoms with van der Waals surface area (Å²) in [6.45, 7) is 0. The molecule has 0 aliphatic rings. The van der Waals surface area contributed by atoms with Crippen molar-refractivity contribution in [1.29, 1.82) is 0 Å². The van der Waals surface area contributed by atoms with E-state index in [-0.39, 0.29) is 5.69 Å². The normalized spacial score (nSPS) is 10.7. The summed E-state index contributed by atoms with van der Waals surface area (Å²) in [5.74, 6) is 0. The Morgan fingerprint density at radius 2 is 1.89 bits per heavy atom. The van der Waals surface area contributed by atoms with Crippen molar-refractivity contribution < 1.29 is 0 Å². The van der Waals surface area contributed by atoms with Gasteiger partial charge in [-0.05, 0) is 18.2 Å². The second-order valence-corrected chi connectivity index (χ2v) is 4.38. The third-order valence-corrected chi connectivity index (χ3v) is 2.97. The molecule has 0 unspecified atom stereocenters. The van der Waals surface area contributed by atoms with Gasteiger partial charge in [-0.25, -0.2) is 4.79 Å². The van der Waals surface area contributed by atoms with Crippen LogP contribution in [0, 0.1) is 0 Å². The van der Waals surface area contributed by atoms with E-state index < -0.39 is 0 Å². The van der Waals surface area contributed by atoms with Crippen LogP contribution in [0.25, 0.3) is 22.2 Å². The number of halogens is 1. The highest BCUT2D eigenvalue weighted by Crippen LogP contribution is 2.25. The topological polar surface area (TPSA) is 45.8 Å². The van der Waals surface area contributed by atoms with Crippen molar-refractivity contribution in [2.45, 2.75) is 0 Å². The fourth-order valence-corrected chi connectivity index (χ4v) is 2.15. The molecule has 1 N–H and O–H groups in total. The molecule has 0 saturated carbocycles. The smallest absolute Gasteiger partial charge is 0.305 e. The van der Waals surface area contributed by atoms with Crippen molar-refractivity contribution in [2.24, 2.45) is 0 Å². The molecule has 2 aromatic carbocycles. The van der Waals surface area contributed by atoms with Gasteiger partial charge < -0.3 is 4.98 Å². The Hall–Kier alpha value is -2.13. The van der Waals surface area contributed by atoms with Crippen molar-refractivity contribution in [1.82, 2.24) is 9.97 Å². The minimum Gasteiger partial charge on any atom is -0.305 e. The first-order chi connectivity index (χ1) is 8.74. The van der Waals surface area contributed by atoms with Crippen molar-refractivity contribution in [3.63, 3.8) is 0 Å². The molecular formula is C14H9ClN2O. The lowest BCUT2D eigenvalue weighted by Crippen LogP contribution is -2.11. The maximum Gasteiger partial charge on any atom is 0.345 e. The van der Waals surface area contributed by atoms with Crippen LogP contribution in [0.4, 0.5) is 0 Å². The quantitative estimate of drug-likeness (QED) is 0.726. The Balaban J connectivity index is 2.38. The minimum atomic E-state index is -0.358. The number of H-pyrrole nitrogens is 1. The molecule has 1 aromatic heterocycles. The molecule has 3 nitrogen and oxygen atoms in total. The van der Waals surface area contributed by atoms with E-state index in [0.29, 0.717) is 10.7 Å². The van der Waals surface area contributed by atoms with Crippen LogP contribution < -0.4 is 5.69 Å². The van der Waals surface area contributed by atoms with Gasteiger partial charge in [0.05, 0.1) is 11.2 Å². The Kier molecular flexibility index (Phi) is 2.61. The summed E-state index contributed by atoms with van der Waals surface area (Å²) in [5, 5.41) is 1.53. The second-order valence-electron chi connectivity index (χ2n) is 3.95. The molecule has 88 valence electrons. The molecule has 0 bridgehead atoms. The Labute approximate surface area is 108 Å². The summed E-state index contributed by atoms with van der Waals surface area (Å²) in [6, 6.07) is 14.9. The van der Waals surface area contributed by atoms with E-state index in [1.807, 2.05) is 36.4 Å². The lowest BCUT2D eigenvalue weighted by atomic mass is 10.1. The van der Waals surface area contributed by atoms with Gasteiger partial charge in [-0.3, -0.25) is 0 Å². The standard InChI is InChI=1S/C14H9ClN2O/c15-10-5-3-4-9(8-10)13-11-6-1-2-7-12(11)16-14(18)17-13/h1-8H,(H,16,17,18). The number of rotatable bonds is 1. The van der Waals surface area contributed by atoms with Gasteiger partial charge in [-0.2, -0.15) is 4.98 Å². The van der Waals surface area contributed by atoms with Crippen molar-refractivity contribution in [3.05, 3.63) is 64.0 Å². The average molecular weight is 257 g/mol. The number of benzene rings is 2. The van der Waals surface area contributed by atoms with Crippen LogP contribution in [0.5, 0.6) is 0 Å². The summed E-state index contributed by atoms with van der Waals surface area (Å²) in [4.78, 5) is 18.3. The van der Waals surface area contributed by atoms with Gasteiger partial charge in [0.2, 0.25) is 0 Å². The van der Waals surface area contributed by atoms with Crippen LogP contribution in [0.1, 0.15) is 0 Å². The van der Waals surface area contributed by atoms with E-state index in [1.54, 1.807) is 12.1 Å². The van der Waals surface area contributed by atoms with Gasteiger partial charge in [-0.15, -0.1) is 0 Å². The molecule has 0 spiro atoms. The van der Waals surface area contributed by atoms with Crippen molar-refractivity contribution in [3.8, 4) is 11.3 Å². The molecule has 0 aliphatic heterocycles. The Bertz CT molecular complexity index is 780. The van der Waals surface area contributed by atoms with Crippen molar-refractivity contribution >= 4 is 22.5 Å². The Morgan fingerprint density at radius 3 is 2.72 bits per heavy atom. The number of nitrogens with zero attached hydrogens (tertiary/aromatic N) is 1. The zero-order valence-electron chi connectivity index (χ0n) is 9.35. The summed E-state index contributed by atoms with van der Waals surface area (Å²) in [5.41, 5.74) is 1.90.